The standard InChI is InChI=1S/C17H25NO2/c1-2-8-18-9-4-3-6-17(18)7-5-13-10-15(19)16(20)11-14(13)12-17/h10-11,19-20H,2-9,12H2,1H3. The Hall–Kier alpha value is -1.22. The number of rotatable bonds is 2. The maximum atomic E-state index is 9.77. The Kier molecular flexibility index (Phi) is 3.63. The van der Waals surface area contributed by atoms with Gasteiger partial charge in [0.2, 0.25) is 0 Å². The van der Waals surface area contributed by atoms with Crippen molar-refractivity contribution in [2.24, 2.45) is 0 Å². The second-order valence-electron chi connectivity index (χ2n) is 6.45. The van der Waals surface area contributed by atoms with Crippen molar-refractivity contribution in [1.82, 2.24) is 4.90 Å². The first-order valence-corrected chi connectivity index (χ1v) is 7.93. The Morgan fingerprint density at radius 2 is 1.85 bits per heavy atom. The van der Waals surface area contributed by atoms with Gasteiger partial charge in [0.15, 0.2) is 11.5 Å². The van der Waals surface area contributed by atoms with Gasteiger partial charge in [0.25, 0.3) is 0 Å². The molecular formula is C17H25NO2. The monoisotopic (exact) mass is 275 g/mol. The summed E-state index contributed by atoms with van der Waals surface area (Å²) >= 11 is 0. The molecule has 1 atom stereocenters. The molecule has 1 aromatic carbocycles. The molecule has 0 radical (unpaired) electrons. The number of nitrogens with zero attached hydrogens (tertiary/aromatic N) is 1. The lowest BCUT2D eigenvalue weighted by Crippen LogP contribution is -2.55. The van der Waals surface area contributed by atoms with Crippen molar-refractivity contribution in [2.45, 2.75) is 57.4 Å². The van der Waals surface area contributed by atoms with Gasteiger partial charge in [0.1, 0.15) is 0 Å². The molecule has 1 saturated heterocycles. The van der Waals surface area contributed by atoms with E-state index in [0.29, 0.717) is 5.54 Å². The smallest absolute Gasteiger partial charge is 0.157 e. The second-order valence-corrected chi connectivity index (χ2v) is 6.45. The number of aromatic hydroxyl groups is 2. The van der Waals surface area contributed by atoms with Gasteiger partial charge in [0.05, 0.1) is 0 Å². The van der Waals surface area contributed by atoms with E-state index in [0.717, 1.165) is 12.8 Å². The molecule has 3 rings (SSSR count). The highest BCUT2D eigenvalue weighted by atomic mass is 16.3. The summed E-state index contributed by atoms with van der Waals surface area (Å²) in [5, 5.41) is 19.4. The van der Waals surface area contributed by atoms with Crippen molar-refractivity contribution >= 4 is 0 Å². The van der Waals surface area contributed by atoms with Crippen LogP contribution >= 0.6 is 0 Å². The van der Waals surface area contributed by atoms with Crippen LogP contribution in [0.25, 0.3) is 0 Å². The molecule has 0 amide bonds. The van der Waals surface area contributed by atoms with Gasteiger partial charge in [-0.25, -0.2) is 0 Å². The highest BCUT2D eigenvalue weighted by Crippen LogP contribution is 2.42. The number of fused-ring (bicyclic) bond motifs is 1. The molecule has 110 valence electrons. The van der Waals surface area contributed by atoms with Gasteiger partial charge in [-0.05, 0) is 74.9 Å². The number of likely N-dealkylation sites (tertiary alicyclic amines) is 1. The van der Waals surface area contributed by atoms with Gasteiger partial charge in [0, 0.05) is 5.54 Å². The third-order valence-electron chi connectivity index (χ3n) is 5.16. The Balaban J connectivity index is 1.90. The van der Waals surface area contributed by atoms with Crippen LogP contribution in [0, 0.1) is 0 Å². The predicted molar refractivity (Wildman–Crippen MR) is 80.2 cm³/mol. The average Bonchev–Trinajstić information content (AvgIpc) is 2.44. The Morgan fingerprint density at radius 3 is 2.60 bits per heavy atom. The number of hydrogen-bond donors (Lipinski definition) is 2. The van der Waals surface area contributed by atoms with E-state index in [1.54, 1.807) is 12.1 Å². The Morgan fingerprint density at radius 1 is 1.10 bits per heavy atom. The van der Waals surface area contributed by atoms with Crippen LogP contribution in [0.5, 0.6) is 11.5 Å². The van der Waals surface area contributed by atoms with Crippen LogP contribution in [0.4, 0.5) is 0 Å². The molecule has 0 aromatic heterocycles. The van der Waals surface area contributed by atoms with Crippen LogP contribution in [0.2, 0.25) is 0 Å². The summed E-state index contributed by atoms with van der Waals surface area (Å²) in [5.41, 5.74) is 2.74. The molecule has 1 fully saturated rings. The topological polar surface area (TPSA) is 43.7 Å². The van der Waals surface area contributed by atoms with Gasteiger partial charge in [-0.2, -0.15) is 0 Å². The van der Waals surface area contributed by atoms with Crippen LogP contribution in [-0.4, -0.2) is 33.7 Å². The quantitative estimate of drug-likeness (QED) is 0.814. The van der Waals surface area contributed by atoms with Crippen molar-refractivity contribution < 1.29 is 10.2 Å². The third kappa shape index (κ3) is 2.28. The number of hydrogen-bond acceptors (Lipinski definition) is 3. The van der Waals surface area contributed by atoms with E-state index in [1.807, 2.05) is 0 Å². The van der Waals surface area contributed by atoms with Gasteiger partial charge < -0.3 is 10.2 Å². The van der Waals surface area contributed by atoms with E-state index in [-0.39, 0.29) is 11.5 Å². The molecule has 20 heavy (non-hydrogen) atoms. The van der Waals surface area contributed by atoms with Crippen LogP contribution in [0.3, 0.4) is 0 Å². The summed E-state index contributed by atoms with van der Waals surface area (Å²) in [7, 11) is 0. The van der Waals surface area contributed by atoms with Crippen molar-refractivity contribution in [3.63, 3.8) is 0 Å². The maximum absolute atomic E-state index is 9.77. The summed E-state index contributed by atoms with van der Waals surface area (Å²) in [4.78, 5) is 2.68. The SMILES string of the molecule is CCCN1CCCCC12CCc1cc(O)c(O)cc1C2. The van der Waals surface area contributed by atoms with Crippen molar-refractivity contribution in [3.8, 4) is 11.5 Å². The van der Waals surface area contributed by atoms with Gasteiger partial charge >= 0.3 is 0 Å². The summed E-state index contributed by atoms with van der Waals surface area (Å²) in [5.74, 6) is 0.0485. The number of phenolic OH excluding ortho intramolecular Hbond substituents is 2. The van der Waals surface area contributed by atoms with Crippen LogP contribution in [0.15, 0.2) is 12.1 Å². The molecular weight excluding hydrogens is 250 g/mol. The number of phenols is 2. The Labute approximate surface area is 121 Å². The third-order valence-corrected chi connectivity index (χ3v) is 5.16. The van der Waals surface area contributed by atoms with Crippen LogP contribution in [-0.2, 0) is 12.8 Å². The molecule has 1 heterocycles. The number of piperidine rings is 1. The first kappa shape index (κ1) is 13.7. The zero-order valence-corrected chi connectivity index (χ0v) is 12.4. The summed E-state index contributed by atoms with van der Waals surface area (Å²) in [6.45, 7) is 4.65. The first-order valence-electron chi connectivity index (χ1n) is 7.93. The lowest BCUT2D eigenvalue weighted by Gasteiger charge is -2.50. The average molecular weight is 275 g/mol. The predicted octanol–water partition coefficient (Wildman–Crippen LogP) is 3.22. The minimum atomic E-state index is 0.0220. The first-order chi connectivity index (χ1) is 9.64. The fourth-order valence-corrected chi connectivity index (χ4v) is 4.13. The molecule has 0 saturated carbocycles. The number of benzene rings is 1. The van der Waals surface area contributed by atoms with Gasteiger partial charge in [-0.3, -0.25) is 4.90 Å². The fourth-order valence-electron chi connectivity index (χ4n) is 4.13. The van der Waals surface area contributed by atoms with E-state index in [1.165, 1.54) is 56.3 Å². The normalized spacial score (nSPS) is 26.6. The van der Waals surface area contributed by atoms with E-state index < -0.39 is 0 Å². The zero-order chi connectivity index (χ0) is 14.2. The van der Waals surface area contributed by atoms with Crippen LogP contribution < -0.4 is 0 Å². The molecule has 1 spiro atoms. The van der Waals surface area contributed by atoms with Crippen LogP contribution in [0.1, 0.15) is 50.2 Å². The molecule has 1 aliphatic heterocycles. The van der Waals surface area contributed by atoms with Gasteiger partial charge in [-0.1, -0.05) is 13.3 Å². The van der Waals surface area contributed by atoms with E-state index in [9.17, 15) is 10.2 Å². The summed E-state index contributed by atoms with van der Waals surface area (Å²) in [6.07, 6.45) is 8.34. The highest BCUT2D eigenvalue weighted by molar-refractivity contribution is 5.47. The molecule has 2 N–H and O–H groups in total. The summed E-state index contributed by atoms with van der Waals surface area (Å²) < 4.78 is 0. The molecule has 2 aliphatic rings. The highest BCUT2D eigenvalue weighted by Gasteiger charge is 2.40. The molecule has 3 heteroatoms. The fraction of sp³-hybridized carbons (Fsp3) is 0.647. The second kappa shape index (κ2) is 5.28. The lowest BCUT2D eigenvalue weighted by molar-refractivity contribution is 0.0340. The maximum Gasteiger partial charge on any atom is 0.157 e. The van der Waals surface area contributed by atoms with Gasteiger partial charge in [-0.15, -0.1) is 0 Å². The largest absolute Gasteiger partial charge is 0.504 e. The molecule has 3 nitrogen and oxygen atoms in total. The minimum absolute atomic E-state index is 0.0220. The minimum Gasteiger partial charge on any atom is -0.504 e. The van der Waals surface area contributed by atoms with Crippen molar-refractivity contribution in [1.29, 1.82) is 0 Å². The molecule has 1 aromatic rings. The Bertz CT molecular complexity index is 498. The molecule has 1 unspecified atom stereocenters. The van der Waals surface area contributed by atoms with Crippen molar-refractivity contribution in [3.05, 3.63) is 23.3 Å². The summed E-state index contributed by atoms with van der Waals surface area (Å²) in [6, 6.07) is 3.54. The van der Waals surface area contributed by atoms with E-state index in [4.69, 9.17) is 0 Å². The molecule has 0 bridgehead atoms. The van der Waals surface area contributed by atoms with E-state index in [2.05, 4.69) is 11.8 Å². The lowest BCUT2D eigenvalue weighted by atomic mass is 9.72. The van der Waals surface area contributed by atoms with Crippen molar-refractivity contribution in [2.75, 3.05) is 13.1 Å². The number of aryl methyl sites for hydroxylation is 1. The molecule has 1 aliphatic carbocycles. The van der Waals surface area contributed by atoms with E-state index >= 15 is 0 Å². The zero-order valence-electron chi connectivity index (χ0n) is 12.4.